The van der Waals surface area contributed by atoms with Crippen molar-refractivity contribution in [1.29, 1.82) is 0 Å². The lowest BCUT2D eigenvalue weighted by Crippen LogP contribution is -2.31. The van der Waals surface area contributed by atoms with Crippen molar-refractivity contribution in [2.45, 2.75) is 20.4 Å². The highest BCUT2D eigenvalue weighted by Crippen LogP contribution is 2.28. The molecule has 3 N–H and O–H groups in total. The molecule has 32 heavy (non-hydrogen) atoms. The van der Waals surface area contributed by atoms with Crippen molar-refractivity contribution in [3.63, 3.8) is 0 Å². The van der Waals surface area contributed by atoms with E-state index in [0.717, 1.165) is 10.7 Å². The zero-order valence-corrected chi connectivity index (χ0v) is 17.4. The third kappa shape index (κ3) is 4.36. The van der Waals surface area contributed by atoms with E-state index in [4.69, 9.17) is 4.74 Å². The Kier molecular flexibility index (Phi) is 5.71. The standard InChI is InChI=1S/C21H21FN6O4/c1-11(2)7-23-21(31)16-6-15(27-19-13(22)9-25-28(16)19)20(30)24-8-12-3-4-17-14(5-12)26-18(29)10-32-17/h3-6,9,11H,7-8,10H2,1-2H3,(H,23,31)(H,24,30)(H,26,29). The molecule has 2 aromatic heterocycles. The van der Waals surface area contributed by atoms with Gasteiger partial charge in [0.05, 0.1) is 11.9 Å². The van der Waals surface area contributed by atoms with Crippen LogP contribution >= 0.6 is 0 Å². The van der Waals surface area contributed by atoms with E-state index in [1.165, 1.54) is 6.07 Å². The number of ether oxygens (including phenoxy) is 1. The molecular formula is C21H21FN6O4. The predicted octanol–water partition coefficient (Wildman–Crippen LogP) is 1.52. The largest absolute Gasteiger partial charge is 0.482 e. The first-order valence-electron chi connectivity index (χ1n) is 9.98. The zero-order chi connectivity index (χ0) is 22.8. The highest BCUT2D eigenvalue weighted by atomic mass is 19.1. The van der Waals surface area contributed by atoms with Crippen LogP contribution in [0.2, 0.25) is 0 Å². The van der Waals surface area contributed by atoms with Gasteiger partial charge in [-0.15, -0.1) is 0 Å². The molecule has 10 nitrogen and oxygen atoms in total. The van der Waals surface area contributed by atoms with Crippen molar-refractivity contribution in [2.75, 3.05) is 18.5 Å². The van der Waals surface area contributed by atoms with Crippen LogP contribution in [0.3, 0.4) is 0 Å². The number of anilines is 1. The molecule has 0 bridgehead atoms. The Labute approximate surface area is 182 Å². The summed E-state index contributed by atoms with van der Waals surface area (Å²) in [6.07, 6.45) is 0.937. The Hall–Kier alpha value is -4.02. The molecule has 11 heteroatoms. The molecule has 166 valence electrons. The Morgan fingerprint density at radius 1 is 1.25 bits per heavy atom. The van der Waals surface area contributed by atoms with Crippen LogP contribution in [0.4, 0.5) is 10.1 Å². The topological polar surface area (TPSA) is 127 Å². The van der Waals surface area contributed by atoms with Gasteiger partial charge >= 0.3 is 0 Å². The molecule has 3 aromatic rings. The van der Waals surface area contributed by atoms with E-state index in [2.05, 4.69) is 26.0 Å². The highest BCUT2D eigenvalue weighted by Gasteiger charge is 2.20. The average molecular weight is 440 g/mol. The molecule has 0 atom stereocenters. The molecule has 0 radical (unpaired) electrons. The molecule has 1 aliphatic heterocycles. The van der Waals surface area contributed by atoms with Crippen LogP contribution in [0, 0.1) is 11.7 Å². The van der Waals surface area contributed by atoms with Crippen LogP contribution in [0.15, 0.2) is 30.5 Å². The van der Waals surface area contributed by atoms with E-state index in [9.17, 15) is 18.8 Å². The summed E-state index contributed by atoms with van der Waals surface area (Å²) in [7, 11) is 0. The second-order valence-electron chi connectivity index (χ2n) is 7.71. The molecular weight excluding hydrogens is 419 g/mol. The lowest BCUT2D eigenvalue weighted by molar-refractivity contribution is -0.118. The summed E-state index contributed by atoms with van der Waals surface area (Å²) in [5.74, 6) is -1.34. The number of halogens is 1. The third-order valence-electron chi connectivity index (χ3n) is 4.69. The fourth-order valence-corrected chi connectivity index (χ4v) is 3.11. The van der Waals surface area contributed by atoms with Crippen LogP contribution in [-0.4, -0.2) is 45.5 Å². The summed E-state index contributed by atoms with van der Waals surface area (Å²) in [6.45, 7) is 4.35. The first-order chi connectivity index (χ1) is 15.3. The number of hydrogen-bond acceptors (Lipinski definition) is 6. The van der Waals surface area contributed by atoms with Gasteiger partial charge in [0.1, 0.15) is 17.1 Å². The molecule has 3 amide bonds. The number of amides is 3. The van der Waals surface area contributed by atoms with E-state index in [-0.39, 0.29) is 42.0 Å². The molecule has 0 saturated heterocycles. The van der Waals surface area contributed by atoms with Gasteiger partial charge in [0, 0.05) is 19.2 Å². The number of aromatic nitrogens is 3. The summed E-state index contributed by atoms with van der Waals surface area (Å²) in [5, 5.41) is 12.0. The average Bonchev–Trinajstić information content (AvgIpc) is 3.15. The minimum atomic E-state index is -0.747. The molecule has 0 unspecified atom stereocenters. The second-order valence-corrected chi connectivity index (χ2v) is 7.71. The Balaban J connectivity index is 1.54. The van der Waals surface area contributed by atoms with Gasteiger partial charge in [-0.25, -0.2) is 13.9 Å². The zero-order valence-electron chi connectivity index (χ0n) is 17.4. The number of hydrogen-bond donors (Lipinski definition) is 3. The van der Waals surface area contributed by atoms with E-state index < -0.39 is 17.6 Å². The molecule has 0 saturated carbocycles. The molecule has 0 aliphatic carbocycles. The third-order valence-corrected chi connectivity index (χ3v) is 4.69. The Bertz CT molecular complexity index is 1220. The van der Waals surface area contributed by atoms with Crippen molar-refractivity contribution in [3.05, 3.63) is 53.2 Å². The summed E-state index contributed by atoms with van der Waals surface area (Å²) in [5.41, 5.74) is 0.868. The molecule has 4 rings (SSSR count). The van der Waals surface area contributed by atoms with Crippen molar-refractivity contribution in [1.82, 2.24) is 25.2 Å². The minimum Gasteiger partial charge on any atom is -0.482 e. The SMILES string of the molecule is CC(C)CNC(=O)c1cc(C(=O)NCc2ccc3c(c2)NC(=O)CO3)nc2c(F)cnn12. The van der Waals surface area contributed by atoms with Gasteiger partial charge in [-0.2, -0.15) is 5.10 Å². The lowest BCUT2D eigenvalue weighted by atomic mass is 10.1. The van der Waals surface area contributed by atoms with Crippen LogP contribution in [0.1, 0.15) is 40.4 Å². The number of fused-ring (bicyclic) bond motifs is 2. The van der Waals surface area contributed by atoms with Gasteiger partial charge in [0.25, 0.3) is 17.7 Å². The molecule has 1 aromatic carbocycles. The number of carbonyl (C=O) groups excluding carboxylic acids is 3. The number of benzene rings is 1. The van der Waals surface area contributed by atoms with E-state index in [1.54, 1.807) is 18.2 Å². The summed E-state index contributed by atoms with van der Waals surface area (Å²) in [4.78, 5) is 40.8. The predicted molar refractivity (Wildman–Crippen MR) is 112 cm³/mol. The number of rotatable bonds is 6. The monoisotopic (exact) mass is 440 g/mol. The number of nitrogens with zero attached hydrogens (tertiary/aromatic N) is 3. The smallest absolute Gasteiger partial charge is 0.270 e. The van der Waals surface area contributed by atoms with Crippen molar-refractivity contribution in [2.24, 2.45) is 5.92 Å². The van der Waals surface area contributed by atoms with Gasteiger partial charge in [-0.05, 0) is 23.6 Å². The Morgan fingerprint density at radius 3 is 2.84 bits per heavy atom. The maximum Gasteiger partial charge on any atom is 0.270 e. The van der Waals surface area contributed by atoms with Crippen LogP contribution in [0.5, 0.6) is 5.75 Å². The fourth-order valence-electron chi connectivity index (χ4n) is 3.11. The van der Waals surface area contributed by atoms with Crippen molar-refractivity contribution in [3.8, 4) is 5.75 Å². The van der Waals surface area contributed by atoms with Crippen molar-refractivity contribution >= 4 is 29.1 Å². The van der Waals surface area contributed by atoms with Crippen LogP contribution in [-0.2, 0) is 11.3 Å². The summed E-state index contributed by atoms with van der Waals surface area (Å²) in [6, 6.07) is 6.39. The first kappa shape index (κ1) is 21.2. The fraction of sp³-hybridized carbons (Fsp3) is 0.286. The number of nitrogens with one attached hydrogen (secondary N) is 3. The first-order valence-corrected chi connectivity index (χ1v) is 9.98. The lowest BCUT2D eigenvalue weighted by Gasteiger charge is -2.18. The summed E-state index contributed by atoms with van der Waals surface area (Å²) >= 11 is 0. The molecule has 0 fully saturated rings. The number of carbonyl (C=O) groups is 3. The van der Waals surface area contributed by atoms with Gasteiger partial charge in [-0.3, -0.25) is 14.4 Å². The maximum absolute atomic E-state index is 14.1. The summed E-state index contributed by atoms with van der Waals surface area (Å²) < 4.78 is 20.5. The quantitative estimate of drug-likeness (QED) is 0.533. The molecule has 3 heterocycles. The normalized spacial score (nSPS) is 12.8. The van der Waals surface area contributed by atoms with Gasteiger partial charge in [0.2, 0.25) is 0 Å². The van der Waals surface area contributed by atoms with Crippen molar-refractivity contribution < 1.29 is 23.5 Å². The van der Waals surface area contributed by atoms with Gasteiger partial charge in [-0.1, -0.05) is 19.9 Å². The maximum atomic E-state index is 14.1. The Morgan fingerprint density at radius 2 is 2.06 bits per heavy atom. The van der Waals surface area contributed by atoms with E-state index in [0.29, 0.717) is 23.5 Å². The molecule has 1 aliphatic rings. The minimum absolute atomic E-state index is 0.00154. The van der Waals surface area contributed by atoms with E-state index in [1.807, 2.05) is 13.8 Å². The van der Waals surface area contributed by atoms with Crippen LogP contribution in [0.25, 0.3) is 5.65 Å². The van der Waals surface area contributed by atoms with E-state index >= 15 is 0 Å². The van der Waals surface area contributed by atoms with Crippen LogP contribution < -0.4 is 20.7 Å². The van der Waals surface area contributed by atoms with Gasteiger partial charge in [0.15, 0.2) is 18.1 Å². The second kappa shape index (κ2) is 8.61. The highest BCUT2D eigenvalue weighted by molar-refractivity contribution is 5.98. The van der Waals surface area contributed by atoms with Gasteiger partial charge < -0.3 is 20.7 Å². The molecule has 0 spiro atoms.